The summed E-state index contributed by atoms with van der Waals surface area (Å²) in [5.74, 6) is 0. The Labute approximate surface area is 109 Å². The molecule has 0 saturated heterocycles. The Morgan fingerprint density at radius 3 is 2.65 bits per heavy atom. The molecule has 0 amide bonds. The van der Waals surface area contributed by atoms with Gasteiger partial charge in [-0.2, -0.15) is 0 Å². The molecule has 1 aromatic heterocycles. The molecular weight excluding hydrogens is 256 g/mol. The average Bonchev–Trinajstić information content (AvgIpc) is 2.39. The van der Waals surface area contributed by atoms with E-state index in [9.17, 15) is 5.11 Å². The summed E-state index contributed by atoms with van der Waals surface area (Å²) < 4.78 is 0. The van der Waals surface area contributed by atoms with Crippen molar-refractivity contribution in [3.8, 4) is 0 Å². The lowest BCUT2D eigenvalue weighted by atomic mass is 10.1. The highest BCUT2D eigenvalue weighted by molar-refractivity contribution is 7.98. The van der Waals surface area contributed by atoms with Crippen molar-refractivity contribution >= 4 is 23.4 Å². The molecule has 0 spiro atoms. The Morgan fingerprint density at radius 1 is 1.29 bits per heavy atom. The third-order valence-corrected chi connectivity index (χ3v) is 3.16. The number of aromatic nitrogens is 2. The van der Waals surface area contributed by atoms with E-state index >= 15 is 0 Å². The van der Waals surface area contributed by atoms with Crippen LogP contribution in [0.25, 0.3) is 0 Å². The van der Waals surface area contributed by atoms with E-state index in [0.29, 0.717) is 15.9 Å². The number of halogens is 1. The highest BCUT2D eigenvalue weighted by Crippen LogP contribution is 2.27. The lowest BCUT2D eigenvalue weighted by Crippen LogP contribution is -2.04. The van der Waals surface area contributed by atoms with Crippen molar-refractivity contribution in [1.29, 1.82) is 0 Å². The summed E-state index contributed by atoms with van der Waals surface area (Å²) >= 11 is 7.42. The fourth-order valence-corrected chi connectivity index (χ4v) is 1.99. The SMILES string of the molecule is CSc1ncc(Cl)c(C(O)c2ccccc2)n1. The molecule has 1 unspecified atom stereocenters. The van der Waals surface area contributed by atoms with Crippen LogP contribution < -0.4 is 0 Å². The van der Waals surface area contributed by atoms with Crippen LogP contribution >= 0.6 is 23.4 Å². The summed E-state index contributed by atoms with van der Waals surface area (Å²) in [6, 6.07) is 9.29. The van der Waals surface area contributed by atoms with Gasteiger partial charge in [-0.15, -0.1) is 0 Å². The van der Waals surface area contributed by atoms with E-state index in [-0.39, 0.29) is 0 Å². The Bertz CT molecular complexity index is 507. The van der Waals surface area contributed by atoms with Crippen molar-refractivity contribution in [3.05, 3.63) is 52.8 Å². The minimum atomic E-state index is -0.822. The monoisotopic (exact) mass is 266 g/mol. The molecule has 2 aromatic rings. The molecule has 2 rings (SSSR count). The summed E-state index contributed by atoms with van der Waals surface area (Å²) in [6.07, 6.45) is 2.57. The first-order valence-corrected chi connectivity index (χ1v) is 6.62. The van der Waals surface area contributed by atoms with Gasteiger partial charge in [-0.25, -0.2) is 9.97 Å². The van der Waals surface area contributed by atoms with Crippen LogP contribution in [0.4, 0.5) is 0 Å². The molecule has 0 saturated carbocycles. The van der Waals surface area contributed by atoms with Crippen LogP contribution in [0.5, 0.6) is 0 Å². The quantitative estimate of drug-likeness (QED) is 0.685. The van der Waals surface area contributed by atoms with Gasteiger partial charge in [0.2, 0.25) is 0 Å². The third-order valence-electron chi connectivity index (χ3n) is 2.31. The number of aliphatic hydroxyl groups excluding tert-OH is 1. The van der Waals surface area contributed by atoms with Crippen LogP contribution in [0, 0.1) is 0 Å². The molecule has 1 N–H and O–H groups in total. The lowest BCUT2D eigenvalue weighted by Gasteiger charge is -2.12. The summed E-state index contributed by atoms with van der Waals surface area (Å²) in [5.41, 5.74) is 1.21. The van der Waals surface area contributed by atoms with E-state index in [1.54, 1.807) is 0 Å². The van der Waals surface area contributed by atoms with Crippen molar-refractivity contribution in [2.75, 3.05) is 6.26 Å². The van der Waals surface area contributed by atoms with Gasteiger partial charge in [0.15, 0.2) is 5.16 Å². The Balaban J connectivity index is 2.40. The van der Waals surface area contributed by atoms with Crippen LogP contribution in [-0.2, 0) is 0 Å². The number of aliphatic hydroxyl groups is 1. The first-order valence-electron chi connectivity index (χ1n) is 5.02. The zero-order chi connectivity index (χ0) is 12.3. The molecule has 0 bridgehead atoms. The molecule has 0 fully saturated rings. The van der Waals surface area contributed by atoms with E-state index < -0.39 is 6.10 Å². The van der Waals surface area contributed by atoms with Crippen LogP contribution in [0.15, 0.2) is 41.7 Å². The summed E-state index contributed by atoms with van der Waals surface area (Å²) in [5, 5.41) is 11.2. The van der Waals surface area contributed by atoms with Crippen LogP contribution in [0.1, 0.15) is 17.4 Å². The molecule has 1 heterocycles. The molecule has 3 nitrogen and oxygen atoms in total. The van der Waals surface area contributed by atoms with Crippen molar-refractivity contribution in [1.82, 2.24) is 9.97 Å². The standard InChI is InChI=1S/C12H11ClN2OS/c1-17-12-14-7-9(13)10(15-12)11(16)8-5-3-2-4-6-8/h2-7,11,16H,1H3. The number of benzene rings is 1. The summed E-state index contributed by atoms with van der Waals surface area (Å²) in [7, 11) is 0. The summed E-state index contributed by atoms with van der Waals surface area (Å²) in [4.78, 5) is 8.28. The number of hydrogen-bond donors (Lipinski definition) is 1. The molecule has 0 aliphatic heterocycles. The Morgan fingerprint density at radius 2 is 2.00 bits per heavy atom. The van der Waals surface area contributed by atoms with E-state index in [0.717, 1.165) is 5.56 Å². The fraction of sp³-hybridized carbons (Fsp3) is 0.167. The normalized spacial score (nSPS) is 12.4. The van der Waals surface area contributed by atoms with Crippen molar-refractivity contribution in [2.45, 2.75) is 11.3 Å². The molecule has 1 atom stereocenters. The molecule has 1 aromatic carbocycles. The highest BCUT2D eigenvalue weighted by Gasteiger charge is 2.16. The average molecular weight is 267 g/mol. The van der Waals surface area contributed by atoms with Gasteiger partial charge in [0.1, 0.15) is 6.10 Å². The molecule has 0 radical (unpaired) electrons. The molecule has 0 aliphatic carbocycles. The topological polar surface area (TPSA) is 46.0 Å². The van der Waals surface area contributed by atoms with Crippen molar-refractivity contribution in [3.63, 3.8) is 0 Å². The molecule has 0 aliphatic rings. The predicted octanol–water partition coefficient (Wildman–Crippen LogP) is 2.93. The van der Waals surface area contributed by atoms with Crippen LogP contribution in [0.3, 0.4) is 0 Å². The number of nitrogens with zero attached hydrogens (tertiary/aromatic N) is 2. The van der Waals surface area contributed by atoms with Gasteiger partial charge in [0.25, 0.3) is 0 Å². The fourth-order valence-electron chi connectivity index (χ4n) is 1.45. The first-order chi connectivity index (χ1) is 8.22. The van der Waals surface area contributed by atoms with Gasteiger partial charge in [0, 0.05) is 0 Å². The van der Waals surface area contributed by atoms with Crippen molar-refractivity contribution in [2.24, 2.45) is 0 Å². The molecule has 17 heavy (non-hydrogen) atoms. The third kappa shape index (κ3) is 2.77. The van der Waals surface area contributed by atoms with Gasteiger partial charge < -0.3 is 5.11 Å². The number of rotatable bonds is 3. The maximum atomic E-state index is 10.2. The van der Waals surface area contributed by atoms with Gasteiger partial charge in [-0.1, -0.05) is 53.7 Å². The van der Waals surface area contributed by atoms with E-state index in [1.165, 1.54) is 18.0 Å². The van der Waals surface area contributed by atoms with Gasteiger partial charge >= 0.3 is 0 Å². The Hall–Kier alpha value is -1.10. The minimum Gasteiger partial charge on any atom is -0.382 e. The van der Waals surface area contributed by atoms with Gasteiger partial charge in [0.05, 0.1) is 16.9 Å². The zero-order valence-corrected chi connectivity index (χ0v) is 10.7. The lowest BCUT2D eigenvalue weighted by molar-refractivity contribution is 0.214. The molecular formula is C12H11ClN2OS. The second kappa shape index (κ2) is 5.49. The van der Waals surface area contributed by atoms with E-state index in [4.69, 9.17) is 11.6 Å². The smallest absolute Gasteiger partial charge is 0.187 e. The first kappa shape index (κ1) is 12.4. The number of hydrogen-bond acceptors (Lipinski definition) is 4. The maximum Gasteiger partial charge on any atom is 0.187 e. The number of thioether (sulfide) groups is 1. The summed E-state index contributed by atoms with van der Waals surface area (Å²) in [6.45, 7) is 0. The van der Waals surface area contributed by atoms with Crippen molar-refractivity contribution < 1.29 is 5.11 Å². The largest absolute Gasteiger partial charge is 0.382 e. The zero-order valence-electron chi connectivity index (χ0n) is 9.17. The maximum absolute atomic E-state index is 10.2. The second-order valence-electron chi connectivity index (χ2n) is 3.40. The minimum absolute atomic E-state index is 0.374. The van der Waals surface area contributed by atoms with E-state index in [2.05, 4.69) is 9.97 Å². The van der Waals surface area contributed by atoms with Crippen LogP contribution in [0.2, 0.25) is 5.02 Å². The predicted molar refractivity (Wildman–Crippen MR) is 69.3 cm³/mol. The van der Waals surface area contributed by atoms with Gasteiger partial charge in [-0.05, 0) is 11.8 Å². The van der Waals surface area contributed by atoms with Crippen LogP contribution in [-0.4, -0.2) is 21.3 Å². The highest BCUT2D eigenvalue weighted by atomic mass is 35.5. The Kier molecular flexibility index (Phi) is 3.99. The van der Waals surface area contributed by atoms with E-state index in [1.807, 2.05) is 36.6 Å². The molecule has 5 heteroatoms. The van der Waals surface area contributed by atoms with Gasteiger partial charge in [-0.3, -0.25) is 0 Å². The molecule has 88 valence electrons. The second-order valence-corrected chi connectivity index (χ2v) is 4.58.